The molecule has 0 atom stereocenters. The highest BCUT2D eigenvalue weighted by Gasteiger charge is 2.14. The first kappa shape index (κ1) is 17.1. The number of imidazole rings is 1. The fraction of sp³-hybridized carbons (Fsp3) is 0.190. The van der Waals surface area contributed by atoms with E-state index < -0.39 is 0 Å². The Bertz CT molecular complexity index is 1310. The first-order valence-electron chi connectivity index (χ1n) is 9.50. The summed E-state index contributed by atoms with van der Waals surface area (Å²) < 4.78 is 4.33. The summed E-state index contributed by atoms with van der Waals surface area (Å²) in [6.07, 6.45) is 7.94. The van der Waals surface area contributed by atoms with E-state index in [-0.39, 0.29) is 0 Å². The van der Waals surface area contributed by atoms with Crippen LogP contribution < -0.4 is 0 Å². The molecule has 1 N–H and O–H groups in total. The fourth-order valence-electron chi connectivity index (χ4n) is 3.80. The van der Waals surface area contributed by atoms with Gasteiger partial charge in [0.2, 0.25) is 0 Å². The molecule has 5 rings (SSSR count). The number of aromatic nitrogens is 7. The van der Waals surface area contributed by atoms with Crippen molar-refractivity contribution in [2.75, 3.05) is 0 Å². The van der Waals surface area contributed by atoms with Crippen molar-refractivity contribution in [1.82, 2.24) is 34.7 Å². The smallest absolute Gasteiger partial charge is 0.179 e. The number of aryl methyl sites for hydroxylation is 1. The second-order valence-corrected chi connectivity index (χ2v) is 6.92. The van der Waals surface area contributed by atoms with Crippen molar-refractivity contribution in [3.63, 3.8) is 0 Å². The van der Waals surface area contributed by atoms with E-state index in [9.17, 15) is 0 Å². The van der Waals surface area contributed by atoms with Gasteiger partial charge in [-0.05, 0) is 47.5 Å². The number of fused-ring (bicyclic) bond motifs is 3. The molecule has 0 spiro atoms. The van der Waals surface area contributed by atoms with Gasteiger partial charge in [-0.15, -0.1) is 5.10 Å². The zero-order chi connectivity index (χ0) is 19.6. The van der Waals surface area contributed by atoms with Crippen LogP contribution in [0, 0.1) is 11.3 Å². The SMILES string of the molecule is N#CCCCCn1c2ccc(-n3ccnc3)cc2c2ccc(-c3nnn[nH]3)cc21. The number of hydrogen-bond donors (Lipinski definition) is 1. The molecular weight excluding hydrogens is 364 g/mol. The number of unbranched alkanes of at least 4 members (excludes halogenated alkanes) is 2. The monoisotopic (exact) mass is 382 g/mol. The first-order valence-corrected chi connectivity index (χ1v) is 9.50. The summed E-state index contributed by atoms with van der Waals surface area (Å²) in [5.74, 6) is 0.646. The van der Waals surface area contributed by atoms with Gasteiger partial charge in [0.15, 0.2) is 5.82 Å². The predicted octanol–water partition coefficient (Wildman–Crippen LogP) is 3.85. The quantitative estimate of drug-likeness (QED) is 0.450. The van der Waals surface area contributed by atoms with Crippen LogP contribution in [0.25, 0.3) is 38.9 Å². The van der Waals surface area contributed by atoms with Crippen LogP contribution in [0.15, 0.2) is 55.1 Å². The summed E-state index contributed by atoms with van der Waals surface area (Å²) in [6.45, 7) is 0.851. The molecule has 0 amide bonds. The van der Waals surface area contributed by atoms with Crippen LogP contribution in [0.3, 0.4) is 0 Å². The molecule has 29 heavy (non-hydrogen) atoms. The Labute approximate surface area is 166 Å². The number of tetrazole rings is 1. The molecule has 0 bridgehead atoms. The van der Waals surface area contributed by atoms with E-state index in [2.05, 4.69) is 66.6 Å². The number of H-pyrrole nitrogens is 1. The van der Waals surface area contributed by atoms with Crippen LogP contribution >= 0.6 is 0 Å². The number of rotatable bonds is 6. The minimum atomic E-state index is 0.580. The maximum Gasteiger partial charge on any atom is 0.179 e. The molecule has 0 fully saturated rings. The zero-order valence-corrected chi connectivity index (χ0v) is 15.7. The molecule has 0 saturated carbocycles. The minimum absolute atomic E-state index is 0.580. The number of aromatic amines is 1. The Balaban J connectivity index is 1.68. The van der Waals surface area contributed by atoms with Crippen LogP contribution in [0.1, 0.15) is 19.3 Å². The topological polar surface area (TPSA) is 101 Å². The van der Waals surface area contributed by atoms with Crippen molar-refractivity contribution < 1.29 is 0 Å². The fourth-order valence-corrected chi connectivity index (χ4v) is 3.80. The van der Waals surface area contributed by atoms with Crippen LogP contribution in [-0.4, -0.2) is 34.7 Å². The summed E-state index contributed by atoms with van der Waals surface area (Å²) in [4.78, 5) is 4.15. The van der Waals surface area contributed by atoms with Crippen LogP contribution in [-0.2, 0) is 6.54 Å². The van der Waals surface area contributed by atoms with E-state index in [0.717, 1.165) is 36.2 Å². The van der Waals surface area contributed by atoms with E-state index in [1.807, 2.05) is 16.8 Å². The largest absolute Gasteiger partial charge is 0.340 e. The van der Waals surface area contributed by atoms with Crippen LogP contribution in [0.4, 0.5) is 0 Å². The molecule has 8 nitrogen and oxygen atoms in total. The van der Waals surface area contributed by atoms with Crippen molar-refractivity contribution in [1.29, 1.82) is 5.26 Å². The Morgan fingerprint density at radius 3 is 2.79 bits per heavy atom. The number of nitrogens with one attached hydrogen (secondary N) is 1. The molecule has 0 radical (unpaired) electrons. The lowest BCUT2D eigenvalue weighted by Crippen LogP contribution is -1.98. The lowest BCUT2D eigenvalue weighted by molar-refractivity contribution is 0.645. The van der Waals surface area contributed by atoms with Crippen molar-refractivity contribution in [3.8, 4) is 23.1 Å². The van der Waals surface area contributed by atoms with Gasteiger partial charge in [-0.25, -0.2) is 10.1 Å². The molecule has 0 aliphatic heterocycles. The van der Waals surface area contributed by atoms with Crippen molar-refractivity contribution in [3.05, 3.63) is 55.1 Å². The van der Waals surface area contributed by atoms with Gasteiger partial charge in [0.25, 0.3) is 0 Å². The van der Waals surface area contributed by atoms with Gasteiger partial charge >= 0.3 is 0 Å². The Morgan fingerprint density at radius 1 is 1.03 bits per heavy atom. The normalized spacial score (nSPS) is 11.3. The lowest BCUT2D eigenvalue weighted by Gasteiger charge is -2.08. The Morgan fingerprint density at radius 2 is 2.00 bits per heavy atom. The van der Waals surface area contributed by atoms with Gasteiger partial charge < -0.3 is 9.13 Å². The second kappa shape index (κ2) is 7.20. The van der Waals surface area contributed by atoms with Crippen molar-refractivity contribution >= 4 is 21.8 Å². The minimum Gasteiger partial charge on any atom is -0.340 e. The Hall–Kier alpha value is -3.99. The summed E-state index contributed by atoms with van der Waals surface area (Å²) in [5, 5.41) is 25.5. The highest BCUT2D eigenvalue weighted by atomic mass is 15.5. The number of nitrogens with zero attached hydrogens (tertiary/aromatic N) is 7. The van der Waals surface area contributed by atoms with Gasteiger partial charge in [0.1, 0.15) is 0 Å². The third kappa shape index (κ3) is 3.02. The lowest BCUT2D eigenvalue weighted by atomic mass is 10.1. The molecule has 2 aromatic carbocycles. The molecule has 3 heterocycles. The van der Waals surface area contributed by atoms with Gasteiger partial charge in [-0.2, -0.15) is 5.26 Å². The molecule has 8 heteroatoms. The summed E-state index contributed by atoms with van der Waals surface area (Å²) in [6, 6.07) is 15.0. The van der Waals surface area contributed by atoms with E-state index in [1.165, 1.54) is 16.3 Å². The van der Waals surface area contributed by atoms with E-state index in [4.69, 9.17) is 5.26 Å². The molecule has 3 aromatic heterocycles. The van der Waals surface area contributed by atoms with Crippen molar-refractivity contribution in [2.45, 2.75) is 25.8 Å². The molecule has 0 aliphatic carbocycles. The molecule has 5 aromatic rings. The third-order valence-electron chi connectivity index (χ3n) is 5.19. The van der Waals surface area contributed by atoms with Gasteiger partial charge in [0, 0.05) is 58.4 Å². The molecule has 0 unspecified atom stereocenters. The standard InChI is InChI=1S/C21H18N8/c22-8-2-1-3-10-29-19-7-5-16(28-11-9-23-14-28)13-18(19)17-6-4-15(12-20(17)29)21-24-26-27-25-21/h4-7,9,11-14H,1-3,10H2,(H,24,25,26,27). The molecule has 142 valence electrons. The highest BCUT2D eigenvalue weighted by Crippen LogP contribution is 2.33. The van der Waals surface area contributed by atoms with E-state index >= 15 is 0 Å². The first-order chi connectivity index (χ1) is 14.3. The zero-order valence-electron chi connectivity index (χ0n) is 15.7. The Kier molecular flexibility index (Phi) is 4.26. The van der Waals surface area contributed by atoms with Gasteiger partial charge in [-0.1, -0.05) is 12.1 Å². The molecule has 0 saturated heterocycles. The van der Waals surface area contributed by atoms with Crippen molar-refractivity contribution in [2.24, 2.45) is 0 Å². The number of benzene rings is 2. The number of nitriles is 1. The summed E-state index contributed by atoms with van der Waals surface area (Å²) in [7, 11) is 0. The van der Waals surface area contributed by atoms with Gasteiger partial charge in [0.05, 0.1) is 12.4 Å². The predicted molar refractivity (Wildman–Crippen MR) is 109 cm³/mol. The summed E-state index contributed by atoms with van der Waals surface area (Å²) >= 11 is 0. The maximum atomic E-state index is 8.84. The average molecular weight is 382 g/mol. The number of hydrogen-bond acceptors (Lipinski definition) is 5. The molecular formula is C21H18N8. The van der Waals surface area contributed by atoms with E-state index in [1.54, 1.807) is 12.5 Å². The van der Waals surface area contributed by atoms with Gasteiger partial charge in [-0.3, -0.25) is 0 Å². The van der Waals surface area contributed by atoms with Crippen LogP contribution in [0.5, 0.6) is 0 Å². The molecule has 0 aliphatic rings. The highest BCUT2D eigenvalue weighted by molar-refractivity contribution is 6.09. The summed E-state index contributed by atoms with van der Waals surface area (Å²) in [5.41, 5.74) is 4.32. The second-order valence-electron chi connectivity index (χ2n) is 6.92. The van der Waals surface area contributed by atoms with E-state index in [0.29, 0.717) is 12.2 Å². The van der Waals surface area contributed by atoms with Crippen LogP contribution in [0.2, 0.25) is 0 Å². The average Bonchev–Trinajstić information content (AvgIpc) is 3.51. The maximum absolute atomic E-state index is 8.84. The third-order valence-corrected chi connectivity index (χ3v) is 5.19.